The third kappa shape index (κ3) is 7.06. The second-order valence-corrected chi connectivity index (χ2v) is 9.66. The van der Waals surface area contributed by atoms with Crippen molar-refractivity contribution in [2.75, 3.05) is 19.4 Å². The van der Waals surface area contributed by atoms with Gasteiger partial charge in [0.2, 0.25) is 11.8 Å². The van der Waals surface area contributed by atoms with E-state index in [9.17, 15) is 23.6 Å². The maximum absolute atomic E-state index is 13.8. The first-order valence-electron chi connectivity index (χ1n) is 12.5. The molecule has 3 aromatic rings. The Morgan fingerprint density at radius 1 is 1.28 bits per heavy atom. The van der Waals surface area contributed by atoms with Gasteiger partial charge in [-0.05, 0) is 49.8 Å². The first kappa shape index (κ1) is 27.5. The van der Waals surface area contributed by atoms with Gasteiger partial charge < -0.3 is 25.2 Å². The predicted octanol–water partition coefficient (Wildman–Crippen LogP) is 2.19. The highest BCUT2D eigenvalue weighted by atomic mass is 19.1. The summed E-state index contributed by atoms with van der Waals surface area (Å²) in [6, 6.07) is 3.22. The summed E-state index contributed by atoms with van der Waals surface area (Å²) in [5, 5.41) is 13.8. The standard InChI is InChI=1S/C26H30FN7O5/c1-32(2)23(35)6-4-3-5-18(31-26(38)39)24(36)30-20-12-28-15-33(25(20)37)14-22-29-19-11-17(27)9-10-21(19)34(22)13-16-7-8-16/h4,6,9-12,15-16,18,31H,3,5,7-8,13-14H2,1-2H3,(H,30,36)(H,38,39). The number of imidazole rings is 1. The van der Waals surface area contributed by atoms with E-state index in [0.29, 0.717) is 23.8 Å². The molecule has 1 aliphatic rings. The van der Waals surface area contributed by atoms with E-state index in [4.69, 9.17) is 5.11 Å². The number of carbonyl (C=O) groups excluding carboxylic acids is 2. The van der Waals surface area contributed by atoms with Gasteiger partial charge in [-0.3, -0.25) is 19.0 Å². The number of carboxylic acid groups (broad SMARTS) is 1. The number of halogens is 1. The molecular formula is C26H30FN7O5. The quantitative estimate of drug-likeness (QED) is 0.316. The van der Waals surface area contributed by atoms with Crippen LogP contribution >= 0.6 is 0 Å². The molecule has 13 heteroatoms. The Morgan fingerprint density at radius 2 is 2.05 bits per heavy atom. The average Bonchev–Trinajstić information content (AvgIpc) is 3.64. The number of likely N-dealkylation sites (N-methyl/N-ethyl adjacent to an activating group) is 1. The van der Waals surface area contributed by atoms with E-state index in [1.165, 1.54) is 40.2 Å². The van der Waals surface area contributed by atoms with Gasteiger partial charge in [-0.1, -0.05) is 6.08 Å². The van der Waals surface area contributed by atoms with Crippen molar-refractivity contribution in [2.24, 2.45) is 5.92 Å². The fourth-order valence-corrected chi connectivity index (χ4v) is 4.07. The monoisotopic (exact) mass is 539 g/mol. The summed E-state index contributed by atoms with van der Waals surface area (Å²) in [6.07, 6.45) is 6.47. The van der Waals surface area contributed by atoms with E-state index in [0.717, 1.165) is 18.4 Å². The largest absolute Gasteiger partial charge is 0.465 e. The maximum Gasteiger partial charge on any atom is 0.405 e. The van der Waals surface area contributed by atoms with Crippen LogP contribution in [0.25, 0.3) is 11.0 Å². The second-order valence-electron chi connectivity index (χ2n) is 9.66. The summed E-state index contributed by atoms with van der Waals surface area (Å²) in [7, 11) is 3.19. The lowest BCUT2D eigenvalue weighted by molar-refractivity contribution is -0.123. The Bertz CT molecular complexity index is 1480. The van der Waals surface area contributed by atoms with Crippen molar-refractivity contribution in [3.8, 4) is 0 Å². The zero-order chi connectivity index (χ0) is 28.1. The summed E-state index contributed by atoms with van der Waals surface area (Å²) in [5.74, 6) is -0.328. The molecule has 1 aliphatic carbocycles. The van der Waals surface area contributed by atoms with Crippen LogP contribution in [0, 0.1) is 11.7 Å². The minimum atomic E-state index is -1.40. The molecule has 1 atom stereocenters. The van der Waals surface area contributed by atoms with Gasteiger partial charge in [-0.15, -0.1) is 0 Å². The van der Waals surface area contributed by atoms with Crippen molar-refractivity contribution >= 4 is 34.6 Å². The van der Waals surface area contributed by atoms with Crippen molar-refractivity contribution in [1.82, 2.24) is 29.3 Å². The highest BCUT2D eigenvalue weighted by Gasteiger charge is 2.25. The molecule has 3 N–H and O–H groups in total. The number of anilines is 1. The molecular weight excluding hydrogens is 509 g/mol. The Morgan fingerprint density at radius 3 is 2.74 bits per heavy atom. The lowest BCUT2D eigenvalue weighted by atomic mass is 10.1. The zero-order valence-electron chi connectivity index (χ0n) is 21.6. The second kappa shape index (κ2) is 11.9. The van der Waals surface area contributed by atoms with Crippen LogP contribution in [0.15, 0.2) is 47.7 Å². The van der Waals surface area contributed by atoms with Crippen LogP contribution in [0.1, 0.15) is 31.5 Å². The van der Waals surface area contributed by atoms with E-state index in [1.807, 2.05) is 4.57 Å². The Hall–Kier alpha value is -4.55. The van der Waals surface area contributed by atoms with E-state index in [1.54, 1.807) is 26.2 Å². The molecule has 0 bridgehead atoms. The molecule has 0 aliphatic heterocycles. The van der Waals surface area contributed by atoms with Gasteiger partial charge in [-0.25, -0.2) is 19.2 Å². The molecule has 2 aromatic heterocycles. The number of rotatable bonds is 11. The number of allylic oxidation sites excluding steroid dienone is 1. The Kier molecular flexibility index (Phi) is 8.37. The fourth-order valence-electron chi connectivity index (χ4n) is 4.07. The molecule has 0 saturated heterocycles. The molecule has 0 spiro atoms. The highest BCUT2D eigenvalue weighted by Crippen LogP contribution is 2.32. The SMILES string of the molecule is CN(C)C(=O)C=CCCC(NC(=O)O)C(=O)Nc1cncn(Cc2nc3cc(F)ccc3n2CC2CC2)c1=O. The van der Waals surface area contributed by atoms with Crippen molar-refractivity contribution < 1.29 is 23.9 Å². The summed E-state index contributed by atoms with van der Waals surface area (Å²) in [5.41, 5.74) is 0.571. The van der Waals surface area contributed by atoms with Gasteiger partial charge in [-0.2, -0.15) is 0 Å². The predicted molar refractivity (Wildman–Crippen MR) is 141 cm³/mol. The molecule has 1 aromatic carbocycles. The lowest BCUT2D eigenvalue weighted by Gasteiger charge is -2.16. The van der Waals surface area contributed by atoms with Gasteiger partial charge in [0, 0.05) is 26.7 Å². The van der Waals surface area contributed by atoms with Gasteiger partial charge in [0.25, 0.3) is 5.56 Å². The van der Waals surface area contributed by atoms with Crippen LogP contribution in [-0.2, 0) is 22.7 Å². The molecule has 3 amide bonds. The van der Waals surface area contributed by atoms with Crippen molar-refractivity contribution in [3.05, 3.63) is 64.9 Å². The van der Waals surface area contributed by atoms with Crippen LogP contribution in [-0.4, -0.2) is 67.2 Å². The van der Waals surface area contributed by atoms with Gasteiger partial charge >= 0.3 is 6.09 Å². The first-order chi connectivity index (χ1) is 18.6. The van der Waals surface area contributed by atoms with Crippen molar-refractivity contribution in [3.63, 3.8) is 0 Å². The Labute approximate surface area is 223 Å². The molecule has 1 saturated carbocycles. The Balaban J connectivity index is 1.51. The van der Waals surface area contributed by atoms with Crippen LogP contribution in [0.5, 0.6) is 0 Å². The zero-order valence-corrected chi connectivity index (χ0v) is 21.6. The first-order valence-corrected chi connectivity index (χ1v) is 12.5. The highest BCUT2D eigenvalue weighted by molar-refractivity contribution is 5.96. The normalized spacial score (nSPS) is 13.9. The fraction of sp³-hybridized carbons (Fsp3) is 0.385. The summed E-state index contributed by atoms with van der Waals surface area (Å²) in [6.45, 7) is 0.743. The topological polar surface area (TPSA) is 151 Å². The molecule has 39 heavy (non-hydrogen) atoms. The van der Waals surface area contributed by atoms with Crippen molar-refractivity contribution in [1.29, 1.82) is 0 Å². The van der Waals surface area contributed by atoms with Crippen LogP contribution in [0.3, 0.4) is 0 Å². The number of carbonyl (C=O) groups is 3. The van der Waals surface area contributed by atoms with Gasteiger partial charge in [0.05, 0.1) is 30.1 Å². The maximum atomic E-state index is 13.8. The minimum Gasteiger partial charge on any atom is -0.465 e. The summed E-state index contributed by atoms with van der Waals surface area (Å²) < 4.78 is 17.1. The average molecular weight is 540 g/mol. The number of benzene rings is 1. The summed E-state index contributed by atoms with van der Waals surface area (Å²) in [4.78, 5) is 59.0. The van der Waals surface area contributed by atoms with Crippen molar-refractivity contribution in [2.45, 2.75) is 44.8 Å². The molecule has 4 rings (SSSR count). The third-order valence-electron chi connectivity index (χ3n) is 6.34. The molecule has 1 unspecified atom stereocenters. The number of fused-ring (bicyclic) bond motifs is 1. The number of nitrogens with zero attached hydrogens (tertiary/aromatic N) is 5. The molecule has 1 fully saturated rings. The number of hydrogen-bond donors (Lipinski definition) is 3. The van der Waals surface area contributed by atoms with Crippen LogP contribution in [0.2, 0.25) is 0 Å². The molecule has 206 valence electrons. The summed E-state index contributed by atoms with van der Waals surface area (Å²) >= 11 is 0. The van der Waals surface area contributed by atoms with E-state index in [-0.39, 0.29) is 31.0 Å². The number of hydrogen-bond acceptors (Lipinski definition) is 6. The number of amides is 3. The number of aromatic nitrogens is 4. The minimum absolute atomic E-state index is 0.0417. The van der Waals surface area contributed by atoms with E-state index < -0.39 is 29.4 Å². The van der Waals surface area contributed by atoms with Crippen LogP contribution in [0.4, 0.5) is 14.9 Å². The molecule has 2 heterocycles. The molecule has 0 radical (unpaired) electrons. The van der Waals surface area contributed by atoms with E-state index in [2.05, 4.69) is 20.6 Å². The lowest BCUT2D eigenvalue weighted by Crippen LogP contribution is -2.44. The smallest absolute Gasteiger partial charge is 0.405 e. The number of nitrogens with one attached hydrogen (secondary N) is 2. The molecule has 12 nitrogen and oxygen atoms in total. The third-order valence-corrected chi connectivity index (χ3v) is 6.34. The van der Waals surface area contributed by atoms with Gasteiger partial charge in [0.1, 0.15) is 23.4 Å². The van der Waals surface area contributed by atoms with Gasteiger partial charge in [0.15, 0.2) is 0 Å². The van der Waals surface area contributed by atoms with E-state index >= 15 is 0 Å². The van der Waals surface area contributed by atoms with Crippen LogP contribution < -0.4 is 16.2 Å².